The first kappa shape index (κ1) is 16.7. The van der Waals surface area contributed by atoms with Crippen LogP contribution < -0.4 is 9.46 Å². The maximum atomic E-state index is 12.7. The van der Waals surface area contributed by atoms with E-state index in [2.05, 4.69) is 0 Å². The van der Waals surface area contributed by atoms with Gasteiger partial charge in [-0.25, -0.2) is 0 Å². The molecule has 4 aromatic rings. The molecule has 0 aliphatic heterocycles. The molecule has 0 bridgehead atoms. The van der Waals surface area contributed by atoms with Crippen LogP contribution in [0.4, 0.5) is 0 Å². The number of benzene rings is 3. The predicted octanol–water partition coefficient (Wildman–Crippen LogP) is 3.46. The number of hydrogen-bond acceptors (Lipinski definition) is 3. The average Bonchev–Trinajstić information content (AvgIpc) is 2.70. The molecule has 5 heteroatoms. The first-order valence-corrected chi connectivity index (χ1v) is 8.52. The van der Waals surface area contributed by atoms with Gasteiger partial charge in [-0.2, -0.15) is 9.46 Å². The number of aromatic nitrogens is 2. The third kappa shape index (κ3) is 2.89. The quantitative estimate of drug-likeness (QED) is 0.244. The van der Waals surface area contributed by atoms with E-state index in [-0.39, 0.29) is 22.4 Å². The molecule has 0 atom stereocenters. The molecule has 0 saturated heterocycles. The van der Waals surface area contributed by atoms with Crippen LogP contribution in [0.3, 0.4) is 0 Å². The van der Waals surface area contributed by atoms with Crippen LogP contribution in [0.25, 0.3) is 27.9 Å². The number of carbonyl (C=O) groups is 1. The maximum absolute atomic E-state index is 12.7. The van der Waals surface area contributed by atoms with Gasteiger partial charge >= 0.3 is 5.69 Å². The second-order valence-corrected chi connectivity index (χ2v) is 6.32. The summed E-state index contributed by atoms with van der Waals surface area (Å²) in [6.07, 6.45) is 2.98. The van der Waals surface area contributed by atoms with Gasteiger partial charge < -0.3 is 10.4 Å². The summed E-state index contributed by atoms with van der Waals surface area (Å²) in [4.78, 5) is 12.7. The summed E-state index contributed by atoms with van der Waals surface area (Å²) >= 11 is 0. The van der Waals surface area contributed by atoms with Crippen LogP contribution in [0.15, 0.2) is 72.8 Å². The summed E-state index contributed by atoms with van der Waals surface area (Å²) in [7, 11) is 0. The molecule has 3 aromatic carbocycles. The molecular weight excluding hydrogens is 340 g/mol. The van der Waals surface area contributed by atoms with Gasteiger partial charge in [-0.15, -0.1) is 0 Å². The molecule has 0 spiro atoms. The normalized spacial score (nSPS) is 11.4. The first-order chi connectivity index (χ1) is 13.1. The Morgan fingerprint density at radius 1 is 0.852 bits per heavy atom. The van der Waals surface area contributed by atoms with Crippen molar-refractivity contribution in [1.82, 2.24) is 0 Å². The number of rotatable bonds is 3. The molecule has 0 amide bonds. The number of hydrogen-bond donors (Lipinski definition) is 0. The van der Waals surface area contributed by atoms with E-state index < -0.39 is 5.78 Å². The highest BCUT2D eigenvalue weighted by atomic mass is 16.5. The minimum atomic E-state index is -0.508. The third-order valence-electron chi connectivity index (χ3n) is 4.60. The molecule has 0 fully saturated rings. The summed E-state index contributed by atoms with van der Waals surface area (Å²) in [6.45, 7) is 1.48. The standard InChI is InChI=1S/C22H16N2O3/c1-15-22(24(27)20-9-5-4-8-19(20)23(15)26)21(25)13-11-16-10-12-17-6-2-3-7-18(17)14-16/h2-14H,1H3. The molecule has 0 N–H and O–H groups in total. The molecule has 5 nitrogen and oxygen atoms in total. The Hall–Kier alpha value is -3.73. The SMILES string of the molecule is Cc1c(C(=O)C=Cc2ccc3ccccc3c2)[n+]([O-])c2ccccc2[n+]1[O-]. The zero-order valence-electron chi connectivity index (χ0n) is 14.6. The van der Waals surface area contributed by atoms with Crippen LogP contribution in [-0.4, -0.2) is 5.78 Å². The topological polar surface area (TPSA) is 71.0 Å². The summed E-state index contributed by atoms with van der Waals surface area (Å²) in [6, 6.07) is 20.2. The van der Waals surface area contributed by atoms with E-state index in [4.69, 9.17) is 0 Å². The molecule has 132 valence electrons. The van der Waals surface area contributed by atoms with Crippen molar-refractivity contribution in [3.05, 3.63) is 100 Å². The molecule has 1 aromatic heterocycles. The van der Waals surface area contributed by atoms with E-state index in [9.17, 15) is 15.2 Å². The number of nitrogens with zero attached hydrogens (tertiary/aromatic N) is 2. The molecule has 27 heavy (non-hydrogen) atoms. The van der Waals surface area contributed by atoms with Crippen molar-refractivity contribution in [2.75, 3.05) is 0 Å². The Bertz CT molecular complexity index is 1230. The average molecular weight is 356 g/mol. The summed E-state index contributed by atoms with van der Waals surface area (Å²) in [5.74, 6) is -0.508. The molecule has 0 aliphatic rings. The second kappa shape index (κ2) is 6.53. The Morgan fingerprint density at radius 3 is 2.22 bits per heavy atom. The molecular formula is C22H16N2O3. The van der Waals surface area contributed by atoms with E-state index in [1.54, 1.807) is 24.3 Å². The smallest absolute Gasteiger partial charge is 0.333 e. The minimum absolute atomic E-state index is 0.0804. The highest BCUT2D eigenvalue weighted by Crippen LogP contribution is 2.17. The van der Waals surface area contributed by atoms with Gasteiger partial charge in [0.05, 0.1) is 0 Å². The van der Waals surface area contributed by atoms with Gasteiger partial charge in [-0.05, 0) is 28.5 Å². The van der Waals surface area contributed by atoms with Gasteiger partial charge in [0.15, 0.2) is 0 Å². The van der Waals surface area contributed by atoms with Crippen LogP contribution >= 0.6 is 0 Å². The van der Waals surface area contributed by atoms with Crippen LogP contribution in [-0.2, 0) is 0 Å². The minimum Gasteiger partial charge on any atom is -0.618 e. The number of allylic oxidation sites excluding steroid dienone is 1. The predicted molar refractivity (Wildman–Crippen MR) is 104 cm³/mol. The Balaban J connectivity index is 1.75. The number of fused-ring (bicyclic) bond motifs is 2. The van der Waals surface area contributed by atoms with Crippen molar-refractivity contribution in [2.45, 2.75) is 6.92 Å². The number of para-hydroxylation sites is 2. The molecule has 0 radical (unpaired) electrons. The summed E-state index contributed by atoms with van der Waals surface area (Å²) < 4.78 is 1.16. The number of ketones is 1. The fourth-order valence-electron chi connectivity index (χ4n) is 3.19. The van der Waals surface area contributed by atoms with E-state index in [1.165, 1.54) is 19.1 Å². The van der Waals surface area contributed by atoms with E-state index in [1.807, 2.05) is 42.5 Å². The lowest BCUT2D eigenvalue weighted by Gasteiger charge is -2.09. The fourth-order valence-corrected chi connectivity index (χ4v) is 3.19. The van der Waals surface area contributed by atoms with Crippen LogP contribution in [0, 0.1) is 17.3 Å². The molecule has 4 rings (SSSR count). The second-order valence-electron chi connectivity index (χ2n) is 6.32. The van der Waals surface area contributed by atoms with Crippen molar-refractivity contribution in [2.24, 2.45) is 0 Å². The van der Waals surface area contributed by atoms with Crippen molar-refractivity contribution in [1.29, 1.82) is 0 Å². The van der Waals surface area contributed by atoms with E-state index in [0.717, 1.165) is 16.3 Å². The zero-order valence-corrected chi connectivity index (χ0v) is 14.6. The fraction of sp³-hybridized carbons (Fsp3) is 0.0455. The zero-order chi connectivity index (χ0) is 19.0. The van der Waals surface area contributed by atoms with Crippen molar-refractivity contribution in [3.63, 3.8) is 0 Å². The van der Waals surface area contributed by atoms with E-state index in [0.29, 0.717) is 9.46 Å². The van der Waals surface area contributed by atoms with Gasteiger partial charge in [0.25, 0.3) is 22.5 Å². The van der Waals surface area contributed by atoms with Gasteiger partial charge in [0.2, 0.25) is 0 Å². The lowest BCUT2D eigenvalue weighted by molar-refractivity contribution is -0.635. The van der Waals surface area contributed by atoms with Gasteiger partial charge in [0, 0.05) is 19.1 Å². The highest BCUT2D eigenvalue weighted by molar-refractivity contribution is 6.05. The van der Waals surface area contributed by atoms with Crippen LogP contribution in [0.5, 0.6) is 0 Å². The largest absolute Gasteiger partial charge is 0.618 e. The van der Waals surface area contributed by atoms with Crippen molar-refractivity contribution < 1.29 is 14.3 Å². The van der Waals surface area contributed by atoms with Crippen molar-refractivity contribution >= 4 is 33.7 Å². The maximum Gasteiger partial charge on any atom is 0.333 e. The highest BCUT2D eigenvalue weighted by Gasteiger charge is 2.28. The Morgan fingerprint density at radius 2 is 1.48 bits per heavy atom. The van der Waals surface area contributed by atoms with Crippen LogP contribution in [0.1, 0.15) is 21.7 Å². The first-order valence-electron chi connectivity index (χ1n) is 8.52. The molecule has 0 aliphatic carbocycles. The summed E-state index contributed by atoms with van der Waals surface area (Å²) in [5, 5.41) is 27.2. The molecule has 0 unspecified atom stereocenters. The molecule has 0 saturated carbocycles. The number of carbonyl (C=O) groups excluding carboxylic acids is 1. The van der Waals surface area contributed by atoms with E-state index >= 15 is 0 Å². The van der Waals surface area contributed by atoms with Crippen molar-refractivity contribution in [3.8, 4) is 0 Å². The van der Waals surface area contributed by atoms with Crippen LogP contribution in [0.2, 0.25) is 0 Å². The summed E-state index contributed by atoms with van der Waals surface area (Å²) in [5.41, 5.74) is 1.16. The Labute approximate surface area is 155 Å². The van der Waals surface area contributed by atoms with Gasteiger partial charge in [0.1, 0.15) is 0 Å². The van der Waals surface area contributed by atoms with Gasteiger partial charge in [-0.1, -0.05) is 54.6 Å². The lowest BCUT2D eigenvalue weighted by Crippen LogP contribution is -2.46. The van der Waals surface area contributed by atoms with Gasteiger partial charge in [-0.3, -0.25) is 4.79 Å². The lowest BCUT2D eigenvalue weighted by atomic mass is 10.1. The third-order valence-corrected chi connectivity index (χ3v) is 4.60. The monoisotopic (exact) mass is 356 g/mol. The molecule has 1 heterocycles. The Kier molecular flexibility index (Phi) is 4.05.